The molecule has 0 aromatic heterocycles. The lowest BCUT2D eigenvalue weighted by atomic mass is 10.2. The minimum absolute atomic E-state index is 0.972. The summed E-state index contributed by atoms with van der Waals surface area (Å²) in [5, 5.41) is 0. The fraction of sp³-hybridized carbons (Fsp3) is 0.125. The lowest BCUT2D eigenvalue weighted by molar-refractivity contribution is 0.185. The van der Waals surface area contributed by atoms with Crippen LogP contribution < -0.4 is 0 Å². The summed E-state index contributed by atoms with van der Waals surface area (Å²) >= 11 is 0. The normalized spacial score (nSPS) is 10.3. The highest BCUT2D eigenvalue weighted by Crippen LogP contribution is 1.91. The monoisotopic (exact) mass is 120 g/mol. The molecule has 0 aliphatic rings. The molecule has 0 saturated carbocycles. The molecule has 46 valence electrons. The Kier molecular flexibility index (Phi) is 2.02. The quantitative estimate of drug-likeness (QED) is 0.391. The van der Waals surface area contributed by atoms with Gasteiger partial charge >= 0.3 is 0 Å². The first kappa shape index (κ1) is 6.02. The average Bonchev–Trinajstić information content (AvgIpc) is 1.91. The molecule has 0 N–H and O–H groups in total. The van der Waals surface area contributed by atoms with Crippen LogP contribution in [0, 0.1) is 0 Å². The van der Waals surface area contributed by atoms with Crippen molar-refractivity contribution < 1.29 is 4.42 Å². The van der Waals surface area contributed by atoms with Gasteiger partial charge < -0.3 is 4.42 Å². The van der Waals surface area contributed by atoms with Crippen LogP contribution in [0.2, 0.25) is 0 Å². The Bertz CT molecular complexity index is 189. The van der Waals surface area contributed by atoms with Gasteiger partial charge in [-0.05, 0) is 0 Å². The van der Waals surface area contributed by atoms with Crippen LogP contribution >= 0.6 is 0 Å². The van der Waals surface area contributed by atoms with E-state index in [2.05, 4.69) is 10.7 Å². The molecule has 0 aliphatic heterocycles. The summed E-state index contributed by atoms with van der Waals surface area (Å²) in [6.45, 7) is 0. The molecule has 9 heavy (non-hydrogen) atoms. The van der Waals surface area contributed by atoms with E-state index in [9.17, 15) is 0 Å². The van der Waals surface area contributed by atoms with Gasteiger partial charge in [0.2, 0.25) is 7.11 Å². The summed E-state index contributed by atoms with van der Waals surface area (Å²) in [7, 11) is 1.59. The van der Waals surface area contributed by atoms with Crippen molar-refractivity contribution in [2.75, 3.05) is 7.11 Å². The smallest absolute Gasteiger partial charge is 0.290 e. The zero-order valence-electron chi connectivity index (χ0n) is 5.29. The second-order valence-corrected chi connectivity index (χ2v) is 1.67. The van der Waals surface area contributed by atoms with Crippen LogP contribution in [0.25, 0.3) is 0 Å². The van der Waals surface area contributed by atoms with E-state index in [0.717, 1.165) is 5.56 Å². The summed E-state index contributed by atoms with van der Waals surface area (Å²) in [6, 6.07) is 9.72. The number of benzene rings is 1. The highest BCUT2D eigenvalue weighted by atomic mass is 16.4. The largest absolute Gasteiger partial charge is 0.319 e. The van der Waals surface area contributed by atoms with Crippen LogP contribution in [-0.2, 0) is 4.42 Å². The Labute approximate surface area is 54.6 Å². The van der Waals surface area contributed by atoms with Crippen molar-refractivity contribution in [3.05, 3.63) is 35.9 Å². The van der Waals surface area contributed by atoms with Crippen molar-refractivity contribution in [3.63, 3.8) is 0 Å². The van der Waals surface area contributed by atoms with Gasteiger partial charge in [-0.1, -0.05) is 11.6 Å². The highest BCUT2D eigenvalue weighted by molar-refractivity contribution is 5.75. The topological polar surface area (TPSA) is 11.3 Å². The maximum Gasteiger partial charge on any atom is 0.290 e. The van der Waals surface area contributed by atoms with Gasteiger partial charge in [0.15, 0.2) is 0 Å². The Morgan fingerprint density at radius 1 is 1.22 bits per heavy atom. The zero-order valence-corrected chi connectivity index (χ0v) is 5.29. The van der Waals surface area contributed by atoms with Crippen molar-refractivity contribution >= 4 is 6.29 Å². The van der Waals surface area contributed by atoms with Gasteiger partial charge in [-0.15, -0.1) is 12.1 Å². The second-order valence-electron chi connectivity index (χ2n) is 1.67. The Morgan fingerprint density at radius 3 is 2.44 bits per heavy atom. The summed E-state index contributed by atoms with van der Waals surface area (Å²) in [5.41, 5.74) is 0.972. The lowest BCUT2D eigenvalue weighted by Gasteiger charge is -1.89. The first-order valence-electron chi connectivity index (χ1n) is 2.77. The molecular weight excluding hydrogens is 112 g/mol. The summed E-state index contributed by atoms with van der Waals surface area (Å²) < 4.78 is 4.68. The third-order valence-corrected chi connectivity index (χ3v) is 0.994. The molecule has 0 spiro atoms. The van der Waals surface area contributed by atoms with Gasteiger partial charge in [0.05, 0.1) is 0 Å². The average molecular weight is 120 g/mol. The molecule has 0 atom stereocenters. The van der Waals surface area contributed by atoms with Crippen molar-refractivity contribution in [1.29, 1.82) is 0 Å². The lowest BCUT2D eigenvalue weighted by Crippen LogP contribution is -1.78. The van der Waals surface area contributed by atoms with Gasteiger partial charge in [0, 0.05) is 0 Å². The van der Waals surface area contributed by atoms with E-state index < -0.39 is 0 Å². The van der Waals surface area contributed by atoms with Crippen molar-refractivity contribution in [1.82, 2.24) is 0 Å². The molecule has 0 saturated heterocycles. The predicted molar refractivity (Wildman–Crippen MR) is 37.2 cm³/mol. The molecule has 0 aliphatic carbocycles. The number of rotatable bonds is 1. The van der Waals surface area contributed by atoms with Crippen LogP contribution in [0.3, 0.4) is 0 Å². The zero-order chi connectivity index (χ0) is 6.53. The van der Waals surface area contributed by atoms with Gasteiger partial charge in [-0.3, -0.25) is 0 Å². The van der Waals surface area contributed by atoms with Crippen LogP contribution in [-0.4, -0.2) is 13.4 Å². The van der Waals surface area contributed by atoms with E-state index in [-0.39, 0.29) is 0 Å². The van der Waals surface area contributed by atoms with Gasteiger partial charge in [0.25, 0.3) is 6.29 Å². The fourth-order valence-corrected chi connectivity index (χ4v) is 0.624. The van der Waals surface area contributed by atoms with Crippen molar-refractivity contribution in [2.24, 2.45) is 0 Å². The molecule has 0 unspecified atom stereocenters. The maximum atomic E-state index is 4.68. The predicted octanol–water partition coefficient (Wildman–Crippen LogP) is 1.31. The molecule has 1 rings (SSSR count). The van der Waals surface area contributed by atoms with E-state index in [1.807, 2.05) is 30.3 Å². The minimum atomic E-state index is 0.972. The molecule has 1 aromatic carbocycles. The fourth-order valence-electron chi connectivity index (χ4n) is 0.624. The van der Waals surface area contributed by atoms with Crippen LogP contribution in [0.4, 0.5) is 0 Å². The van der Waals surface area contributed by atoms with E-state index in [4.69, 9.17) is 0 Å². The maximum absolute atomic E-state index is 4.68. The third kappa shape index (κ3) is 1.68. The SMILES string of the molecule is C[O+]=[C-]c1ccccc1. The first-order valence-corrected chi connectivity index (χ1v) is 2.77. The Balaban J connectivity index is 2.85. The minimum Gasteiger partial charge on any atom is -0.319 e. The van der Waals surface area contributed by atoms with E-state index in [0.29, 0.717) is 0 Å². The second kappa shape index (κ2) is 3.02. The molecule has 1 nitrogen and oxygen atoms in total. The van der Waals surface area contributed by atoms with Crippen LogP contribution in [0.15, 0.2) is 30.3 Å². The number of hydrogen-bond donors (Lipinski definition) is 0. The number of carbonyl (C=O) groups excluding carboxylic acids is 1. The molecule has 0 heterocycles. The van der Waals surface area contributed by atoms with Crippen LogP contribution in [0.1, 0.15) is 5.56 Å². The molecular formula is C8H8O. The summed E-state index contributed by atoms with van der Waals surface area (Å²) in [5.74, 6) is 0. The van der Waals surface area contributed by atoms with Crippen molar-refractivity contribution in [3.8, 4) is 0 Å². The van der Waals surface area contributed by atoms with Gasteiger partial charge in [-0.2, -0.15) is 12.1 Å². The number of hydrogen-bond acceptors (Lipinski definition) is 0. The standard InChI is InChI=1S/C8H8O/c1-9-7-8-5-3-2-4-6-8/h2-6H,1H3. The summed E-state index contributed by atoms with van der Waals surface area (Å²) in [6.07, 6.45) is 2.71. The Hall–Kier alpha value is -1.11. The van der Waals surface area contributed by atoms with Crippen molar-refractivity contribution in [2.45, 2.75) is 0 Å². The summed E-state index contributed by atoms with van der Waals surface area (Å²) in [4.78, 5) is 0. The van der Waals surface area contributed by atoms with E-state index >= 15 is 0 Å². The highest BCUT2D eigenvalue weighted by Gasteiger charge is 1.78. The molecule has 0 bridgehead atoms. The van der Waals surface area contributed by atoms with Gasteiger partial charge in [0.1, 0.15) is 0 Å². The van der Waals surface area contributed by atoms with Gasteiger partial charge in [-0.25, -0.2) is 0 Å². The van der Waals surface area contributed by atoms with Crippen LogP contribution in [0.5, 0.6) is 0 Å². The van der Waals surface area contributed by atoms with E-state index in [1.54, 1.807) is 7.11 Å². The molecule has 0 amide bonds. The Morgan fingerprint density at radius 2 is 1.89 bits per heavy atom. The molecule has 1 aromatic rings. The molecule has 0 radical (unpaired) electrons. The van der Waals surface area contributed by atoms with E-state index in [1.165, 1.54) is 0 Å². The third-order valence-electron chi connectivity index (χ3n) is 0.994. The molecule has 0 fully saturated rings. The molecule has 1 heteroatoms. The first-order chi connectivity index (χ1) is 4.43.